The largest absolute Gasteiger partial charge is 0.497 e. The number of fused-ring (bicyclic) bond motifs is 1. The number of rotatable bonds is 5. The quantitative estimate of drug-likeness (QED) is 0.731. The van der Waals surface area contributed by atoms with Crippen LogP contribution in [0.5, 0.6) is 5.75 Å². The Morgan fingerprint density at radius 2 is 1.86 bits per heavy atom. The number of esters is 1. The van der Waals surface area contributed by atoms with Crippen molar-refractivity contribution in [3.05, 3.63) is 65.2 Å². The van der Waals surface area contributed by atoms with Crippen LogP contribution in [0.25, 0.3) is 0 Å². The fourth-order valence-electron chi connectivity index (χ4n) is 3.05. The first kappa shape index (κ1) is 19.7. The predicted octanol–water partition coefficient (Wildman–Crippen LogP) is 3.37. The maximum Gasteiger partial charge on any atom is 0.406 e. The lowest BCUT2D eigenvalue weighted by atomic mass is 9.98. The molecule has 0 N–H and O–H groups in total. The van der Waals surface area contributed by atoms with Gasteiger partial charge in [-0.1, -0.05) is 30.3 Å². The number of carbonyl (C=O) groups is 2. The van der Waals surface area contributed by atoms with E-state index in [9.17, 15) is 22.8 Å². The van der Waals surface area contributed by atoms with E-state index < -0.39 is 30.7 Å². The second-order valence-corrected chi connectivity index (χ2v) is 6.41. The summed E-state index contributed by atoms with van der Waals surface area (Å²) in [4.78, 5) is 25.6. The van der Waals surface area contributed by atoms with E-state index >= 15 is 0 Å². The van der Waals surface area contributed by atoms with Crippen LogP contribution in [0.4, 0.5) is 13.2 Å². The van der Waals surface area contributed by atoms with Crippen molar-refractivity contribution in [2.24, 2.45) is 0 Å². The molecule has 2 aromatic rings. The number of amides is 1. The van der Waals surface area contributed by atoms with Crippen molar-refractivity contribution in [3.63, 3.8) is 0 Å². The lowest BCUT2D eigenvalue weighted by Gasteiger charge is -2.30. The molecule has 0 bridgehead atoms. The fourth-order valence-corrected chi connectivity index (χ4v) is 3.05. The third-order valence-electron chi connectivity index (χ3n) is 4.38. The molecule has 0 fully saturated rings. The Kier molecular flexibility index (Phi) is 5.58. The van der Waals surface area contributed by atoms with Crippen LogP contribution in [0.1, 0.15) is 21.5 Å². The first-order valence-corrected chi connectivity index (χ1v) is 8.54. The van der Waals surface area contributed by atoms with Gasteiger partial charge in [-0.15, -0.1) is 0 Å². The van der Waals surface area contributed by atoms with Crippen LogP contribution in [0.15, 0.2) is 48.5 Å². The molecular formula is C20H18F3NO4. The molecule has 0 aromatic heterocycles. The molecule has 28 heavy (non-hydrogen) atoms. The summed E-state index contributed by atoms with van der Waals surface area (Å²) < 4.78 is 49.3. The number of cyclic esters (lactones) is 1. The van der Waals surface area contributed by atoms with Crippen molar-refractivity contribution in [1.82, 2.24) is 4.90 Å². The van der Waals surface area contributed by atoms with Gasteiger partial charge in [-0.25, -0.2) is 4.79 Å². The average Bonchev–Trinajstić information content (AvgIpc) is 2.66. The molecule has 148 valence electrons. The molecule has 0 saturated heterocycles. The van der Waals surface area contributed by atoms with Crippen LogP contribution >= 0.6 is 0 Å². The van der Waals surface area contributed by atoms with E-state index in [0.717, 1.165) is 0 Å². The number of hydrogen-bond acceptors (Lipinski definition) is 4. The Balaban J connectivity index is 1.81. The fraction of sp³-hybridized carbons (Fsp3) is 0.300. The molecule has 0 unspecified atom stereocenters. The van der Waals surface area contributed by atoms with Gasteiger partial charge < -0.3 is 14.4 Å². The van der Waals surface area contributed by atoms with E-state index in [0.29, 0.717) is 27.3 Å². The molecule has 5 nitrogen and oxygen atoms in total. The standard InChI is InChI=1S/C20H18F3NO4/c1-27-15-8-6-13(7-9-15)11-24(12-20(21,22)23)18(25)17-10-14-4-2-3-5-16(14)19(26)28-17/h2-9,17H,10-12H2,1H3/t17-/m1/s1. The molecule has 1 amide bonds. The Labute approximate surface area is 159 Å². The van der Waals surface area contributed by atoms with Crippen molar-refractivity contribution >= 4 is 11.9 Å². The van der Waals surface area contributed by atoms with Crippen LogP contribution in [0, 0.1) is 0 Å². The van der Waals surface area contributed by atoms with Gasteiger partial charge >= 0.3 is 12.1 Å². The molecule has 1 atom stereocenters. The summed E-state index contributed by atoms with van der Waals surface area (Å²) in [5, 5.41) is 0. The van der Waals surface area contributed by atoms with Crippen molar-refractivity contribution in [2.45, 2.75) is 25.2 Å². The zero-order chi connectivity index (χ0) is 20.3. The van der Waals surface area contributed by atoms with Crippen LogP contribution in [0.3, 0.4) is 0 Å². The van der Waals surface area contributed by atoms with Crippen LogP contribution < -0.4 is 4.74 Å². The highest BCUT2D eigenvalue weighted by Crippen LogP contribution is 2.25. The van der Waals surface area contributed by atoms with Gasteiger partial charge in [0.25, 0.3) is 5.91 Å². The molecule has 1 heterocycles. The second-order valence-electron chi connectivity index (χ2n) is 6.41. The molecule has 8 heteroatoms. The number of methoxy groups -OCH3 is 1. The van der Waals surface area contributed by atoms with Gasteiger partial charge in [0.2, 0.25) is 0 Å². The number of carbonyl (C=O) groups excluding carboxylic acids is 2. The van der Waals surface area contributed by atoms with Crippen molar-refractivity contribution < 1.29 is 32.2 Å². The second kappa shape index (κ2) is 7.92. The summed E-state index contributed by atoms with van der Waals surface area (Å²) in [6, 6.07) is 12.9. The number of benzene rings is 2. The number of ether oxygens (including phenoxy) is 2. The third kappa shape index (κ3) is 4.62. The van der Waals surface area contributed by atoms with E-state index in [1.165, 1.54) is 7.11 Å². The zero-order valence-corrected chi connectivity index (χ0v) is 15.0. The molecule has 3 rings (SSSR count). The summed E-state index contributed by atoms with van der Waals surface area (Å²) in [7, 11) is 1.48. The van der Waals surface area contributed by atoms with Gasteiger partial charge in [0.05, 0.1) is 12.7 Å². The molecule has 0 spiro atoms. The van der Waals surface area contributed by atoms with Crippen molar-refractivity contribution in [1.29, 1.82) is 0 Å². The van der Waals surface area contributed by atoms with Crippen LogP contribution in [-0.4, -0.2) is 42.7 Å². The topological polar surface area (TPSA) is 55.8 Å². The molecule has 0 aliphatic carbocycles. The summed E-state index contributed by atoms with van der Waals surface area (Å²) in [6.45, 7) is -1.70. The highest BCUT2D eigenvalue weighted by Gasteiger charge is 2.38. The molecule has 0 radical (unpaired) electrons. The number of alkyl halides is 3. The summed E-state index contributed by atoms with van der Waals surface area (Å²) >= 11 is 0. The van der Waals surface area contributed by atoms with E-state index in [4.69, 9.17) is 9.47 Å². The molecule has 1 aliphatic heterocycles. The molecular weight excluding hydrogens is 375 g/mol. The first-order valence-electron chi connectivity index (χ1n) is 8.54. The first-order chi connectivity index (χ1) is 13.3. The van der Waals surface area contributed by atoms with E-state index in [2.05, 4.69) is 0 Å². The summed E-state index contributed by atoms with van der Waals surface area (Å²) in [5.74, 6) is -1.04. The third-order valence-corrected chi connectivity index (χ3v) is 4.38. The predicted molar refractivity (Wildman–Crippen MR) is 93.8 cm³/mol. The Morgan fingerprint density at radius 1 is 1.18 bits per heavy atom. The summed E-state index contributed by atoms with van der Waals surface area (Å²) in [5.41, 5.74) is 1.40. The number of nitrogens with zero attached hydrogens (tertiary/aromatic N) is 1. The van der Waals surface area contributed by atoms with Gasteiger partial charge in [0.1, 0.15) is 12.3 Å². The maximum absolute atomic E-state index is 13.0. The van der Waals surface area contributed by atoms with Gasteiger partial charge in [0, 0.05) is 13.0 Å². The van der Waals surface area contributed by atoms with E-state index in [1.807, 2.05) is 0 Å². The Morgan fingerprint density at radius 3 is 2.50 bits per heavy atom. The van der Waals surface area contributed by atoms with E-state index in [-0.39, 0.29) is 13.0 Å². The van der Waals surface area contributed by atoms with Crippen molar-refractivity contribution in [3.8, 4) is 5.75 Å². The SMILES string of the molecule is COc1ccc(CN(CC(F)(F)F)C(=O)[C@H]2Cc3ccccc3C(=O)O2)cc1. The lowest BCUT2D eigenvalue weighted by Crippen LogP contribution is -2.47. The minimum atomic E-state index is -4.58. The van der Waals surface area contributed by atoms with Gasteiger partial charge in [-0.05, 0) is 29.3 Å². The van der Waals surface area contributed by atoms with Gasteiger partial charge in [-0.2, -0.15) is 13.2 Å². The molecule has 0 saturated carbocycles. The molecule has 1 aliphatic rings. The number of hydrogen-bond donors (Lipinski definition) is 0. The maximum atomic E-state index is 13.0. The smallest absolute Gasteiger partial charge is 0.406 e. The van der Waals surface area contributed by atoms with Crippen LogP contribution in [-0.2, 0) is 22.5 Å². The zero-order valence-electron chi connectivity index (χ0n) is 15.0. The Bertz CT molecular complexity index is 864. The normalized spacial score (nSPS) is 16.1. The van der Waals surface area contributed by atoms with Gasteiger partial charge in [-0.3, -0.25) is 4.79 Å². The minimum Gasteiger partial charge on any atom is -0.497 e. The molecule has 2 aromatic carbocycles. The van der Waals surface area contributed by atoms with Gasteiger partial charge in [0.15, 0.2) is 6.10 Å². The van der Waals surface area contributed by atoms with Crippen molar-refractivity contribution in [2.75, 3.05) is 13.7 Å². The summed E-state index contributed by atoms with van der Waals surface area (Å²) in [6.07, 6.45) is -5.83. The average molecular weight is 393 g/mol. The lowest BCUT2D eigenvalue weighted by molar-refractivity contribution is -0.168. The van der Waals surface area contributed by atoms with Crippen LogP contribution in [0.2, 0.25) is 0 Å². The highest BCUT2D eigenvalue weighted by atomic mass is 19.4. The Hall–Kier alpha value is -3.03. The van der Waals surface area contributed by atoms with E-state index in [1.54, 1.807) is 48.5 Å². The highest BCUT2D eigenvalue weighted by molar-refractivity contribution is 5.95. The minimum absolute atomic E-state index is 0.0394. The monoisotopic (exact) mass is 393 g/mol. The number of halogens is 3.